The monoisotopic (exact) mass is 401 g/mol. The summed E-state index contributed by atoms with van der Waals surface area (Å²) >= 11 is 0. The molecule has 0 aromatic heterocycles. The molecule has 3 rings (SSSR count). The van der Waals surface area contributed by atoms with Crippen molar-refractivity contribution >= 4 is 33.4 Å². The summed E-state index contributed by atoms with van der Waals surface area (Å²) in [6, 6.07) is 13.4. The van der Waals surface area contributed by atoms with Crippen molar-refractivity contribution in [2.24, 2.45) is 0 Å². The first-order valence-corrected chi connectivity index (χ1v) is 10.3. The molecule has 0 fully saturated rings. The Hall–Kier alpha value is -3.20. The van der Waals surface area contributed by atoms with Crippen molar-refractivity contribution in [2.45, 2.75) is 6.42 Å². The Morgan fingerprint density at radius 1 is 1.18 bits per heavy atom. The molecule has 0 atom stereocenters. The maximum Gasteiger partial charge on any atom is 0.276 e. The smallest absolute Gasteiger partial charge is 0.276 e. The molecule has 1 aliphatic rings. The van der Waals surface area contributed by atoms with E-state index in [4.69, 9.17) is 0 Å². The first kappa shape index (κ1) is 19.6. The Kier molecular flexibility index (Phi) is 5.74. The van der Waals surface area contributed by atoms with E-state index in [1.54, 1.807) is 18.2 Å². The summed E-state index contributed by atoms with van der Waals surface area (Å²) in [5.41, 5.74) is 1.86. The van der Waals surface area contributed by atoms with E-state index in [1.165, 1.54) is 28.6 Å². The number of carbonyl (C=O) groups is 1. The van der Waals surface area contributed by atoms with Crippen LogP contribution in [-0.2, 0) is 21.2 Å². The SMILES string of the molecule is O=C(/C=C/c1ccccc1[N+](=O)[O-])NCCS(=O)(=O)N1CCc2ccccc21. The van der Waals surface area contributed by atoms with Gasteiger partial charge in [0.2, 0.25) is 15.9 Å². The number of nitro groups is 1. The summed E-state index contributed by atoms with van der Waals surface area (Å²) in [7, 11) is -3.55. The zero-order chi connectivity index (χ0) is 20.1. The van der Waals surface area contributed by atoms with E-state index in [0.717, 1.165) is 11.6 Å². The molecule has 2 aromatic carbocycles. The van der Waals surface area contributed by atoms with Gasteiger partial charge in [-0.3, -0.25) is 19.2 Å². The summed E-state index contributed by atoms with van der Waals surface area (Å²) < 4.78 is 26.5. The van der Waals surface area contributed by atoms with E-state index in [0.29, 0.717) is 24.2 Å². The van der Waals surface area contributed by atoms with Gasteiger partial charge in [0, 0.05) is 25.2 Å². The minimum Gasteiger partial charge on any atom is -0.351 e. The topological polar surface area (TPSA) is 110 Å². The molecule has 0 saturated heterocycles. The molecular weight excluding hydrogens is 382 g/mol. The Balaban J connectivity index is 1.57. The fraction of sp³-hybridized carbons (Fsp3) is 0.211. The number of sulfonamides is 1. The van der Waals surface area contributed by atoms with E-state index in [1.807, 2.05) is 12.1 Å². The lowest BCUT2D eigenvalue weighted by molar-refractivity contribution is -0.385. The van der Waals surface area contributed by atoms with Crippen molar-refractivity contribution in [3.05, 3.63) is 75.8 Å². The minimum absolute atomic E-state index is 0.0545. The molecule has 8 nitrogen and oxygen atoms in total. The molecule has 146 valence electrons. The fourth-order valence-corrected chi connectivity index (χ4v) is 4.46. The Morgan fingerprint density at radius 3 is 2.68 bits per heavy atom. The Bertz CT molecular complexity index is 1030. The van der Waals surface area contributed by atoms with Crippen LogP contribution in [0.4, 0.5) is 11.4 Å². The van der Waals surface area contributed by atoms with Crippen molar-refractivity contribution in [3.63, 3.8) is 0 Å². The molecule has 9 heteroatoms. The van der Waals surface area contributed by atoms with Crippen LogP contribution in [0.15, 0.2) is 54.6 Å². The van der Waals surface area contributed by atoms with Crippen molar-refractivity contribution in [2.75, 3.05) is 23.1 Å². The van der Waals surface area contributed by atoms with Crippen molar-refractivity contribution in [3.8, 4) is 0 Å². The quantitative estimate of drug-likeness (QED) is 0.434. The van der Waals surface area contributed by atoms with E-state index >= 15 is 0 Å². The third kappa shape index (κ3) is 4.37. The van der Waals surface area contributed by atoms with Crippen LogP contribution < -0.4 is 9.62 Å². The summed E-state index contributed by atoms with van der Waals surface area (Å²) in [5.74, 6) is -0.748. The molecule has 0 spiro atoms. The van der Waals surface area contributed by atoms with E-state index in [9.17, 15) is 23.3 Å². The van der Waals surface area contributed by atoms with Gasteiger partial charge in [0.1, 0.15) is 0 Å². The molecule has 1 amide bonds. The predicted molar refractivity (Wildman–Crippen MR) is 106 cm³/mol. The Morgan fingerprint density at radius 2 is 1.89 bits per heavy atom. The molecule has 1 heterocycles. The fourth-order valence-electron chi connectivity index (χ4n) is 3.03. The summed E-state index contributed by atoms with van der Waals surface area (Å²) in [6.45, 7) is 0.342. The highest BCUT2D eigenvalue weighted by atomic mass is 32.2. The molecule has 0 saturated carbocycles. The van der Waals surface area contributed by atoms with E-state index < -0.39 is 20.9 Å². The molecule has 1 N–H and O–H groups in total. The molecule has 0 unspecified atom stereocenters. The second-order valence-corrected chi connectivity index (χ2v) is 8.22. The number of benzene rings is 2. The minimum atomic E-state index is -3.55. The predicted octanol–water partition coefficient (Wildman–Crippen LogP) is 2.12. The second kappa shape index (κ2) is 8.22. The van der Waals surface area contributed by atoms with Gasteiger partial charge in [-0.15, -0.1) is 0 Å². The third-order valence-electron chi connectivity index (χ3n) is 4.39. The zero-order valence-corrected chi connectivity index (χ0v) is 15.8. The number of anilines is 1. The van der Waals surface area contributed by atoms with Crippen LogP contribution in [0.1, 0.15) is 11.1 Å². The zero-order valence-electron chi connectivity index (χ0n) is 14.9. The number of rotatable bonds is 7. The number of nitrogens with zero attached hydrogens (tertiary/aromatic N) is 2. The number of nitro benzene ring substituents is 1. The number of nitrogens with one attached hydrogen (secondary N) is 1. The summed E-state index contributed by atoms with van der Waals surface area (Å²) in [5, 5.41) is 13.5. The maximum absolute atomic E-state index is 12.6. The largest absolute Gasteiger partial charge is 0.351 e. The Labute approximate surface area is 162 Å². The maximum atomic E-state index is 12.6. The molecule has 2 aromatic rings. The lowest BCUT2D eigenvalue weighted by atomic mass is 10.1. The van der Waals surface area contributed by atoms with Crippen LogP contribution in [0.3, 0.4) is 0 Å². The highest BCUT2D eigenvalue weighted by molar-refractivity contribution is 7.92. The van der Waals surface area contributed by atoms with Gasteiger partial charge in [-0.05, 0) is 30.2 Å². The van der Waals surface area contributed by atoms with Gasteiger partial charge in [-0.2, -0.15) is 0 Å². The second-order valence-electron chi connectivity index (χ2n) is 6.21. The first-order valence-electron chi connectivity index (χ1n) is 8.66. The van der Waals surface area contributed by atoms with Crippen LogP contribution in [0.25, 0.3) is 6.08 Å². The van der Waals surface area contributed by atoms with Gasteiger partial charge in [0.05, 0.1) is 21.9 Å². The van der Waals surface area contributed by atoms with E-state index in [2.05, 4.69) is 5.32 Å². The summed E-state index contributed by atoms with van der Waals surface area (Å²) in [6.07, 6.45) is 3.15. The van der Waals surface area contributed by atoms with Gasteiger partial charge in [0.15, 0.2) is 0 Å². The van der Waals surface area contributed by atoms with Crippen molar-refractivity contribution < 1.29 is 18.1 Å². The lowest BCUT2D eigenvalue weighted by Gasteiger charge is -2.19. The number of hydrogen-bond donors (Lipinski definition) is 1. The van der Waals surface area contributed by atoms with E-state index in [-0.39, 0.29) is 18.0 Å². The average Bonchev–Trinajstić information content (AvgIpc) is 3.11. The lowest BCUT2D eigenvalue weighted by Crippen LogP contribution is -2.36. The van der Waals surface area contributed by atoms with Gasteiger partial charge >= 0.3 is 0 Å². The highest BCUT2D eigenvalue weighted by Gasteiger charge is 2.28. The van der Waals surface area contributed by atoms with Gasteiger partial charge < -0.3 is 5.32 Å². The van der Waals surface area contributed by atoms with Crippen molar-refractivity contribution in [1.29, 1.82) is 0 Å². The third-order valence-corrected chi connectivity index (χ3v) is 6.16. The molecule has 0 radical (unpaired) electrons. The molecule has 1 aliphatic heterocycles. The number of amides is 1. The molecule has 28 heavy (non-hydrogen) atoms. The van der Waals surface area contributed by atoms with Crippen molar-refractivity contribution in [1.82, 2.24) is 5.32 Å². The van der Waals surface area contributed by atoms with Crippen LogP contribution in [0.5, 0.6) is 0 Å². The molecular formula is C19H19N3O5S. The number of para-hydroxylation sites is 2. The number of carbonyl (C=O) groups excluding carboxylic acids is 1. The summed E-state index contributed by atoms with van der Waals surface area (Å²) in [4.78, 5) is 22.4. The van der Waals surface area contributed by atoms with Crippen LogP contribution in [0.2, 0.25) is 0 Å². The van der Waals surface area contributed by atoms with Gasteiger partial charge in [0.25, 0.3) is 5.69 Å². The van der Waals surface area contributed by atoms with Crippen LogP contribution >= 0.6 is 0 Å². The number of fused-ring (bicyclic) bond motifs is 1. The van der Waals surface area contributed by atoms with Gasteiger partial charge in [-0.25, -0.2) is 8.42 Å². The number of hydrogen-bond acceptors (Lipinski definition) is 5. The van der Waals surface area contributed by atoms with Crippen LogP contribution in [-0.4, -0.2) is 38.1 Å². The van der Waals surface area contributed by atoms with Crippen LogP contribution in [0, 0.1) is 10.1 Å². The normalized spacial score (nSPS) is 13.5. The molecule has 0 aliphatic carbocycles. The standard InChI is InChI=1S/C19H19N3O5S/c23-19(10-9-15-5-2-4-8-18(15)22(24)25)20-12-14-28(26,27)21-13-11-16-6-1-3-7-17(16)21/h1-10H,11-14H2,(H,20,23)/b10-9+. The molecule has 0 bridgehead atoms. The van der Waals surface area contributed by atoms with Gasteiger partial charge in [-0.1, -0.05) is 30.3 Å². The first-order chi connectivity index (χ1) is 13.4. The average molecular weight is 401 g/mol. The highest BCUT2D eigenvalue weighted by Crippen LogP contribution is 2.29.